The fraction of sp³-hybridized carbons (Fsp3) is 0.714. The van der Waals surface area contributed by atoms with Crippen LogP contribution in [0.25, 0.3) is 0 Å². The van der Waals surface area contributed by atoms with Crippen molar-refractivity contribution in [1.29, 1.82) is 0 Å². The highest BCUT2D eigenvalue weighted by molar-refractivity contribution is 5.81. The van der Waals surface area contributed by atoms with Crippen molar-refractivity contribution in [3.63, 3.8) is 0 Å². The Morgan fingerprint density at radius 1 is 1.40 bits per heavy atom. The number of nitrogens with zero attached hydrogens (tertiary/aromatic N) is 2. The molecule has 20 heavy (non-hydrogen) atoms. The van der Waals surface area contributed by atoms with E-state index in [9.17, 15) is 4.79 Å². The van der Waals surface area contributed by atoms with Crippen molar-refractivity contribution in [3.8, 4) is 0 Å². The number of aromatic amines is 1. The molecule has 0 spiro atoms. The fourth-order valence-electron chi connectivity index (χ4n) is 3.14. The first kappa shape index (κ1) is 13.6. The molecule has 110 valence electrons. The highest BCUT2D eigenvalue weighted by Gasteiger charge is 2.34. The van der Waals surface area contributed by atoms with Gasteiger partial charge in [0.15, 0.2) is 0 Å². The first-order valence-electron chi connectivity index (χ1n) is 7.41. The van der Waals surface area contributed by atoms with Gasteiger partial charge in [-0.3, -0.25) is 4.79 Å². The molecule has 3 N–H and O–H groups in total. The van der Waals surface area contributed by atoms with E-state index in [1.165, 1.54) is 0 Å². The predicted molar refractivity (Wildman–Crippen MR) is 74.1 cm³/mol. The minimum absolute atomic E-state index is 0.0598. The fourth-order valence-corrected chi connectivity index (χ4v) is 3.14. The number of aromatic nitrogens is 2. The van der Waals surface area contributed by atoms with Gasteiger partial charge < -0.3 is 20.4 Å². The normalized spacial score (nSPS) is 27.9. The lowest BCUT2D eigenvalue weighted by Crippen LogP contribution is -2.43. The van der Waals surface area contributed by atoms with Crippen LogP contribution in [-0.4, -0.2) is 52.6 Å². The van der Waals surface area contributed by atoms with Crippen molar-refractivity contribution in [2.45, 2.75) is 43.8 Å². The number of likely N-dealkylation sites (tertiary alicyclic amines) is 1. The highest BCUT2D eigenvalue weighted by Crippen LogP contribution is 2.27. The largest absolute Gasteiger partial charge is 0.364 e. The molecular weight excluding hydrogens is 256 g/mol. The van der Waals surface area contributed by atoms with Crippen molar-refractivity contribution < 1.29 is 9.53 Å². The minimum Gasteiger partial charge on any atom is -0.364 e. The molecule has 2 atom stereocenters. The molecule has 0 unspecified atom stereocenters. The number of piperidine rings is 1. The summed E-state index contributed by atoms with van der Waals surface area (Å²) in [7, 11) is 0. The second-order valence-electron chi connectivity index (χ2n) is 5.63. The van der Waals surface area contributed by atoms with Gasteiger partial charge in [-0.15, -0.1) is 0 Å². The number of imidazole rings is 1. The molecule has 0 aliphatic carbocycles. The zero-order chi connectivity index (χ0) is 13.9. The molecule has 2 fully saturated rings. The zero-order valence-electron chi connectivity index (χ0n) is 11.6. The number of nitrogens with two attached hydrogens (primary N) is 1. The first-order valence-corrected chi connectivity index (χ1v) is 7.41. The summed E-state index contributed by atoms with van der Waals surface area (Å²) in [6.07, 6.45) is 7.05. The van der Waals surface area contributed by atoms with Crippen LogP contribution in [0.15, 0.2) is 12.4 Å². The Labute approximate surface area is 118 Å². The molecule has 3 heterocycles. The summed E-state index contributed by atoms with van der Waals surface area (Å²) in [6.45, 7) is 2.08. The molecule has 0 radical (unpaired) electrons. The van der Waals surface area contributed by atoms with Crippen LogP contribution >= 0.6 is 0 Å². The third-order valence-corrected chi connectivity index (χ3v) is 4.36. The van der Waals surface area contributed by atoms with Crippen LogP contribution in [0.2, 0.25) is 0 Å². The van der Waals surface area contributed by atoms with Crippen LogP contribution < -0.4 is 5.73 Å². The summed E-state index contributed by atoms with van der Waals surface area (Å²) in [6, 6.07) is 0. The van der Waals surface area contributed by atoms with E-state index in [0.717, 1.165) is 44.6 Å². The number of carbonyl (C=O) groups excluding carboxylic acids is 1. The van der Waals surface area contributed by atoms with E-state index in [-0.39, 0.29) is 18.1 Å². The molecule has 3 rings (SSSR count). The van der Waals surface area contributed by atoms with E-state index >= 15 is 0 Å². The monoisotopic (exact) mass is 278 g/mol. The standard InChI is InChI=1S/C14H22N4O2/c15-9-11-1-2-12(20-11)14(19)18-7-3-10(4-8-18)13-16-5-6-17-13/h5-6,10-12H,1-4,7-9,15H2,(H,16,17)/t11-,12+/m1/s1. The SMILES string of the molecule is NC[C@H]1CC[C@@H](C(=O)N2CCC(c3ncc[nH]3)CC2)O1. The van der Waals surface area contributed by atoms with E-state index in [1.807, 2.05) is 11.1 Å². The van der Waals surface area contributed by atoms with E-state index in [0.29, 0.717) is 12.5 Å². The van der Waals surface area contributed by atoms with Crippen LogP contribution in [0.1, 0.15) is 37.4 Å². The molecule has 1 aromatic rings. The van der Waals surface area contributed by atoms with Crippen molar-refractivity contribution in [2.75, 3.05) is 19.6 Å². The number of hydrogen-bond donors (Lipinski definition) is 2. The van der Waals surface area contributed by atoms with E-state index in [1.54, 1.807) is 6.20 Å². The minimum atomic E-state index is -0.274. The van der Waals surface area contributed by atoms with Gasteiger partial charge in [-0.25, -0.2) is 4.98 Å². The number of hydrogen-bond acceptors (Lipinski definition) is 4. The summed E-state index contributed by atoms with van der Waals surface area (Å²) in [5, 5.41) is 0. The van der Waals surface area contributed by atoms with Gasteiger partial charge in [-0.1, -0.05) is 0 Å². The number of rotatable bonds is 3. The van der Waals surface area contributed by atoms with Crippen LogP contribution in [0, 0.1) is 0 Å². The Morgan fingerprint density at radius 3 is 2.80 bits per heavy atom. The van der Waals surface area contributed by atoms with Gasteiger partial charge in [0.25, 0.3) is 5.91 Å². The lowest BCUT2D eigenvalue weighted by molar-refractivity contribution is -0.143. The third kappa shape index (κ3) is 2.71. The molecule has 0 bridgehead atoms. The molecule has 1 aromatic heterocycles. The topological polar surface area (TPSA) is 84.2 Å². The maximum absolute atomic E-state index is 12.4. The second-order valence-corrected chi connectivity index (χ2v) is 5.63. The number of H-pyrrole nitrogens is 1. The van der Waals surface area contributed by atoms with Gasteiger partial charge >= 0.3 is 0 Å². The van der Waals surface area contributed by atoms with Gasteiger partial charge in [0.1, 0.15) is 11.9 Å². The lowest BCUT2D eigenvalue weighted by Gasteiger charge is -2.32. The Morgan fingerprint density at radius 2 is 2.20 bits per heavy atom. The van der Waals surface area contributed by atoms with E-state index in [4.69, 9.17) is 10.5 Å². The smallest absolute Gasteiger partial charge is 0.251 e. The van der Waals surface area contributed by atoms with Crippen LogP contribution in [0.4, 0.5) is 0 Å². The molecular formula is C14H22N4O2. The second kappa shape index (κ2) is 5.93. The number of amides is 1. The lowest BCUT2D eigenvalue weighted by atomic mass is 9.95. The Kier molecular flexibility index (Phi) is 4.03. The van der Waals surface area contributed by atoms with Crippen LogP contribution in [-0.2, 0) is 9.53 Å². The van der Waals surface area contributed by atoms with Crippen molar-refractivity contribution in [1.82, 2.24) is 14.9 Å². The molecule has 6 heteroatoms. The van der Waals surface area contributed by atoms with Gasteiger partial charge in [-0.05, 0) is 25.7 Å². The van der Waals surface area contributed by atoms with Gasteiger partial charge in [-0.2, -0.15) is 0 Å². The molecule has 0 aromatic carbocycles. The van der Waals surface area contributed by atoms with Gasteiger partial charge in [0.05, 0.1) is 6.10 Å². The van der Waals surface area contributed by atoms with Crippen molar-refractivity contribution in [3.05, 3.63) is 18.2 Å². The summed E-state index contributed by atoms with van der Waals surface area (Å²) < 4.78 is 5.69. The molecule has 2 aliphatic rings. The molecule has 2 aliphatic heterocycles. The summed E-state index contributed by atoms with van der Waals surface area (Å²) in [4.78, 5) is 21.8. The number of nitrogens with one attached hydrogen (secondary N) is 1. The average Bonchev–Trinajstić information content (AvgIpc) is 3.18. The third-order valence-electron chi connectivity index (χ3n) is 4.36. The van der Waals surface area contributed by atoms with Gasteiger partial charge in [0, 0.05) is 37.9 Å². The molecule has 1 amide bonds. The Bertz CT molecular complexity index is 440. The van der Waals surface area contributed by atoms with Crippen molar-refractivity contribution >= 4 is 5.91 Å². The van der Waals surface area contributed by atoms with E-state index < -0.39 is 0 Å². The molecule has 2 saturated heterocycles. The van der Waals surface area contributed by atoms with Crippen LogP contribution in [0.5, 0.6) is 0 Å². The Balaban J connectivity index is 1.52. The molecule has 0 saturated carbocycles. The van der Waals surface area contributed by atoms with E-state index in [2.05, 4.69) is 9.97 Å². The quantitative estimate of drug-likeness (QED) is 0.849. The summed E-state index contributed by atoms with van der Waals surface area (Å²) in [5.41, 5.74) is 5.59. The predicted octanol–water partition coefficient (Wildman–Crippen LogP) is 0.622. The summed E-state index contributed by atoms with van der Waals surface area (Å²) in [5.74, 6) is 1.62. The maximum atomic E-state index is 12.4. The highest BCUT2D eigenvalue weighted by atomic mass is 16.5. The zero-order valence-corrected chi connectivity index (χ0v) is 11.6. The van der Waals surface area contributed by atoms with Crippen molar-refractivity contribution in [2.24, 2.45) is 5.73 Å². The summed E-state index contributed by atoms with van der Waals surface area (Å²) >= 11 is 0. The molecule has 6 nitrogen and oxygen atoms in total. The number of carbonyl (C=O) groups is 1. The van der Waals surface area contributed by atoms with Crippen LogP contribution in [0.3, 0.4) is 0 Å². The average molecular weight is 278 g/mol. The number of ether oxygens (including phenoxy) is 1. The van der Waals surface area contributed by atoms with Gasteiger partial charge in [0.2, 0.25) is 0 Å². The Hall–Kier alpha value is -1.40. The first-order chi connectivity index (χ1) is 9.78. The maximum Gasteiger partial charge on any atom is 0.251 e.